The Kier molecular flexibility index (Phi) is 8.48. The van der Waals surface area contributed by atoms with E-state index in [-0.39, 0.29) is 5.92 Å². The van der Waals surface area contributed by atoms with Crippen LogP contribution in [-0.2, 0) is 4.74 Å². The lowest BCUT2D eigenvalue weighted by Crippen LogP contribution is -2.34. The second kappa shape index (κ2) is 10.1. The summed E-state index contributed by atoms with van der Waals surface area (Å²) in [6, 6.07) is 10.3. The number of benzene rings is 1. The van der Waals surface area contributed by atoms with Crippen LogP contribution < -0.4 is 11.1 Å². The Morgan fingerprint density at radius 1 is 1.14 bits per heavy atom. The molecule has 1 atom stereocenters. The molecule has 0 aliphatic rings. The van der Waals surface area contributed by atoms with Crippen molar-refractivity contribution in [3.8, 4) is 11.1 Å². The summed E-state index contributed by atoms with van der Waals surface area (Å²) in [6.45, 7) is 16.0. The molecule has 154 valence electrons. The number of alkyl carbamates (subject to hydrolysis) is 1. The third kappa shape index (κ3) is 6.87. The Hall–Kier alpha value is -2.56. The van der Waals surface area contributed by atoms with Gasteiger partial charge < -0.3 is 15.8 Å². The zero-order chi connectivity index (χ0) is 21.5. The van der Waals surface area contributed by atoms with Crippen molar-refractivity contribution in [2.24, 2.45) is 0 Å². The van der Waals surface area contributed by atoms with Crippen molar-refractivity contribution in [1.82, 2.24) is 10.3 Å². The molecule has 0 fully saturated rings. The molecule has 1 heterocycles. The fraction of sp³-hybridized carbons (Fsp3) is 0.478. The quantitative estimate of drug-likeness (QED) is 0.718. The highest BCUT2D eigenvalue weighted by atomic mass is 16.6. The number of pyridine rings is 1. The molecule has 2 rings (SSSR count). The SMILES string of the molecule is CC.Cc1nc(C)c(-c2ccc(C(C)CNC(=O)OC(C)(C)C)cc2)cc1N. The number of amides is 1. The number of aryl methyl sites for hydroxylation is 2. The predicted octanol–water partition coefficient (Wildman–Crippen LogP) is 5.60. The topological polar surface area (TPSA) is 77.2 Å². The molecule has 1 aromatic heterocycles. The van der Waals surface area contributed by atoms with Crippen LogP contribution >= 0.6 is 0 Å². The van der Waals surface area contributed by atoms with Gasteiger partial charge in [0.05, 0.1) is 11.4 Å². The average Bonchev–Trinajstić information content (AvgIpc) is 2.63. The highest BCUT2D eigenvalue weighted by Crippen LogP contribution is 2.27. The van der Waals surface area contributed by atoms with E-state index in [0.29, 0.717) is 12.2 Å². The van der Waals surface area contributed by atoms with E-state index >= 15 is 0 Å². The van der Waals surface area contributed by atoms with Crippen molar-refractivity contribution in [3.05, 3.63) is 47.3 Å². The van der Waals surface area contributed by atoms with Gasteiger partial charge in [-0.2, -0.15) is 0 Å². The fourth-order valence-corrected chi connectivity index (χ4v) is 2.69. The van der Waals surface area contributed by atoms with Gasteiger partial charge in [0.1, 0.15) is 5.60 Å². The zero-order valence-corrected chi connectivity index (χ0v) is 18.5. The van der Waals surface area contributed by atoms with Crippen molar-refractivity contribution >= 4 is 11.8 Å². The van der Waals surface area contributed by atoms with E-state index in [0.717, 1.165) is 28.1 Å². The van der Waals surface area contributed by atoms with Gasteiger partial charge >= 0.3 is 6.09 Å². The van der Waals surface area contributed by atoms with E-state index in [4.69, 9.17) is 10.5 Å². The van der Waals surface area contributed by atoms with Gasteiger partial charge in [0.25, 0.3) is 0 Å². The van der Waals surface area contributed by atoms with E-state index < -0.39 is 11.7 Å². The second-order valence-corrected chi connectivity index (χ2v) is 7.70. The molecule has 1 amide bonds. The van der Waals surface area contributed by atoms with Gasteiger partial charge in [0.2, 0.25) is 0 Å². The van der Waals surface area contributed by atoms with E-state index in [1.807, 2.05) is 54.5 Å². The number of nitrogens with zero attached hydrogens (tertiary/aromatic N) is 1. The molecule has 5 heteroatoms. The number of hydrogen-bond donors (Lipinski definition) is 2. The molecular formula is C23H35N3O2. The molecule has 0 saturated heterocycles. The molecule has 3 N–H and O–H groups in total. The highest BCUT2D eigenvalue weighted by molar-refractivity contribution is 5.70. The molecule has 0 aliphatic heterocycles. The number of ether oxygens (including phenoxy) is 1. The number of carbonyl (C=O) groups excluding carboxylic acids is 1. The summed E-state index contributed by atoms with van der Waals surface area (Å²) in [5, 5.41) is 2.82. The monoisotopic (exact) mass is 385 g/mol. The first-order valence-corrected chi connectivity index (χ1v) is 9.87. The number of anilines is 1. The summed E-state index contributed by atoms with van der Waals surface area (Å²) in [5.74, 6) is 0.180. The van der Waals surface area contributed by atoms with Gasteiger partial charge in [-0.25, -0.2) is 4.79 Å². The lowest BCUT2D eigenvalue weighted by Gasteiger charge is -2.21. The maximum Gasteiger partial charge on any atom is 0.407 e. The zero-order valence-electron chi connectivity index (χ0n) is 18.5. The molecule has 0 aliphatic carbocycles. The smallest absolute Gasteiger partial charge is 0.407 e. The molecule has 2 aromatic rings. The lowest BCUT2D eigenvalue weighted by molar-refractivity contribution is 0.0525. The standard InChI is InChI=1S/C21H29N3O2.C2H6/c1-13(12-23-20(25)26-21(4,5)6)16-7-9-17(10-8-16)18-11-19(22)15(3)24-14(18)2;1-2/h7-11,13H,12,22H2,1-6H3,(H,23,25);1-2H3. The van der Waals surface area contributed by atoms with E-state index in [9.17, 15) is 4.79 Å². The van der Waals surface area contributed by atoms with Crippen LogP contribution in [0.2, 0.25) is 0 Å². The Morgan fingerprint density at radius 2 is 1.71 bits per heavy atom. The maximum atomic E-state index is 11.8. The van der Waals surface area contributed by atoms with Crippen LogP contribution in [0.5, 0.6) is 0 Å². The number of nitrogens with two attached hydrogens (primary N) is 1. The Bertz CT molecular complexity index is 778. The van der Waals surface area contributed by atoms with Crippen LogP contribution in [0.25, 0.3) is 11.1 Å². The van der Waals surface area contributed by atoms with Gasteiger partial charge in [0.15, 0.2) is 0 Å². The predicted molar refractivity (Wildman–Crippen MR) is 118 cm³/mol. The summed E-state index contributed by atoms with van der Waals surface area (Å²) in [4.78, 5) is 16.3. The number of nitrogen functional groups attached to an aromatic ring is 1. The van der Waals surface area contributed by atoms with Crippen LogP contribution in [0.3, 0.4) is 0 Å². The van der Waals surface area contributed by atoms with Crippen molar-refractivity contribution in [1.29, 1.82) is 0 Å². The Balaban J connectivity index is 0.00000190. The van der Waals surface area contributed by atoms with Gasteiger partial charge in [-0.15, -0.1) is 0 Å². The second-order valence-electron chi connectivity index (χ2n) is 7.70. The van der Waals surface area contributed by atoms with Crippen molar-refractivity contribution < 1.29 is 9.53 Å². The third-order valence-corrected chi connectivity index (χ3v) is 4.19. The Labute approximate surface area is 169 Å². The fourth-order valence-electron chi connectivity index (χ4n) is 2.69. The highest BCUT2D eigenvalue weighted by Gasteiger charge is 2.17. The third-order valence-electron chi connectivity index (χ3n) is 4.19. The van der Waals surface area contributed by atoms with Crippen molar-refractivity contribution in [2.45, 2.75) is 66.9 Å². The van der Waals surface area contributed by atoms with Gasteiger partial charge in [0, 0.05) is 17.8 Å². The molecule has 0 saturated carbocycles. The number of rotatable bonds is 4. The summed E-state index contributed by atoms with van der Waals surface area (Å²) in [5.41, 5.74) is 11.3. The van der Waals surface area contributed by atoms with Crippen molar-refractivity contribution in [2.75, 3.05) is 12.3 Å². The minimum atomic E-state index is -0.489. The van der Waals surface area contributed by atoms with Crippen LogP contribution in [0.1, 0.15) is 64.4 Å². The minimum absolute atomic E-state index is 0.180. The van der Waals surface area contributed by atoms with Crippen LogP contribution in [0, 0.1) is 13.8 Å². The largest absolute Gasteiger partial charge is 0.444 e. The normalized spacial score (nSPS) is 11.9. The number of nitrogens with one attached hydrogen (secondary N) is 1. The lowest BCUT2D eigenvalue weighted by atomic mass is 9.96. The molecule has 0 radical (unpaired) electrons. The van der Waals surface area contributed by atoms with Gasteiger partial charge in [-0.3, -0.25) is 4.98 Å². The van der Waals surface area contributed by atoms with E-state index in [1.165, 1.54) is 0 Å². The summed E-state index contributed by atoms with van der Waals surface area (Å²) in [7, 11) is 0. The van der Waals surface area contributed by atoms with E-state index in [2.05, 4.69) is 41.5 Å². The first kappa shape index (κ1) is 23.5. The molecule has 28 heavy (non-hydrogen) atoms. The van der Waals surface area contributed by atoms with Gasteiger partial charge in [-0.1, -0.05) is 45.0 Å². The first-order valence-electron chi connectivity index (χ1n) is 9.87. The molecule has 1 unspecified atom stereocenters. The molecule has 0 spiro atoms. The molecule has 1 aromatic carbocycles. The summed E-state index contributed by atoms with van der Waals surface area (Å²) < 4.78 is 5.27. The van der Waals surface area contributed by atoms with Crippen molar-refractivity contribution in [3.63, 3.8) is 0 Å². The summed E-state index contributed by atoms with van der Waals surface area (Å²) >= 11 is 0. The van der Waals surface area contributed by atoms with E-state index in [1.54, 1.807) is 0 Å². The first-order chi connectivity index (χ1) is 13.1. The Morgan fingerprint density at radius 3 is 2.25 bits per heavy atom. The molecule has 5 nitrogen and oxygen atoms in total. The number of hydrogen-bond acceptors (Lipinski definition) is 4. The van der Waals surface area contributed by atoms with Crippen LogP contribution in [0.15, 0.2) is 30.3 Å². The van der Waals surface area contributed by atoms with Gasteiger partial charge in [-0.05, 0) is 57.7 Å². The number of carbonyl (C=O) groups is 1. The number of aromatic nitrogens is 1. The summed E-state index contributed by atoms with van der Waals surface area (Å²) in [6.07, 6.45) is -0.391. The maximum absolute atomic E-state index is 11.8. The van der Waals surface area contributed by atoms with Crippen LogP contribution in [0.4, 0.5) is 10.5 Å². The average molecular weight is 386 g/mol. The minimum Gasteiger partial charge on any atom is -0.444 e. The molecular weight excluding hydrogens is 350 g/mol. The molecule has 0 bridgehead atoms. The van der Waals surface area contributed by atoms with Crippen LogP contribution in [-0.4, -0.2) is 23.2 Å².